The SMILES string of the molecule is CNC(CN)CCSC. The topological polar surface area (TPSA) is 38.0 Å². The molecule has 0 aromatic rings. The predicted octanol–water partition coefficient (Wildman–Crippen LogP) is 0.286. The van der Waals surface area contributed by atoms with Gasteiger partial charge in [-0.2, -0.15) is 11.8 Å². The Bertz CT molecular complexity index is 55.0. The van der Waals surface area contributed by atoms with E-state index in [0.717, 1.165) is 6.54 Å². The van der Waals surface area contributed by atoms with E-state index in [4.69, 9.17) is 5.73 Å². The van der Waals surface area contributed by atoms with E-state index in [1.807, 2.05) is 18.8 Å². The first-order chi connectivity index (χ1) is 4.35. The first-order valence-electron chi connectivity index (χ1n) is 3.21. The zero-order valence-electron chi connectivity index (χ0n) is 6.18. The molecule has 0 aliphatic heterocycles. The number of hydrogen-bond acceptors (Lipinski definition) is 3. The molecule has 0 radical (unpaired) electrons. The van der Waals surface area contributed by atoms with Crippen molar-refractivity contribution in [2.45, 2.75) is 12.5 Å². The molecule has 0 aromatic carbocycles. The number of rotatable bonds is 5. The zero-order valence-corrected chi connectivity index (χ0v) is 7.00. The van der Waals surface area contributed by atoms with Crippen LogP contribution in [0.15, 0.2) is 0 Å². The van der Waals surface area contributed by atoms with Crippen LogP contribution in [0, 0.1) is 0 Å². The minimum absolute atomic E-state index is 0.512. The van der Waals surface area contributed by atoms with Crippen LogP contribution in [0.25, 0.3) is 0 Å². The van der Waals surface area contributed by atoms with Gasteiger partial charge in [0.25, 0.3) is 0 Å². The standard InChI is InChI=1S/C6H16N2S/c1-8-6(5-7)3-4-9-2/h6,8H,3-5,7H2,1-2H3. The van der Waals surface area contributed by atoms with Gasteiger partial charge in [0.1, 0.15) is 0 Å². The third kappa shape index (κ3) is 4.75. The molecule has 0 aromatic heterocycles. The predicted molar refractivity (Wildman–Crippen MR) is 44.9 cm³/mol. The van der Waals surface area contributed by atoms with Gasteiger partial charge in [0.15, 0.2) is 0 Å². The number of likely N-dealkylation sites (N-methyl/N-ethyl adjacent to an activating group) is 1. The molecule has 0 heterocycles. The van der Waals surface area contributed by atoms with E-state index in [1.165, 1.54) is 12.2 Å². The molecule has 56 valence electrons. The van der Waals surface area contributed by atoms with Crippen LogP contribution in [0.2, 0.25) is 0 Å². The Balaban J connectivity index is 3.09. The van der Waals surface area contributed by atoms with Gasteiger partial charge in [-0.3, -0.25) is 0 Å². The normalized spacial score (nSPS) is 13.7. The van der Waals surface area contributed by atoms with Gasteiger partial charge in [0.2, 0.25) is 0 Å². The Morgan fingerprint density at radius 2 is 2.33 bits per heavy atom. The molecule has 0 aliphatic carbocycles. The molecule has 0 saturated heterocycles. The Kier molecular flexibility index (Phi) is 6.58. The van der Waals surface area contributed by atoms with Crippen molar-refractivity contribution in [2.24, 2.45) is 5.73 Å². The van der Waals surface area contributed by atoms with Gasteiger partial charge >= 0.3 is 0 Å². The third-order valence-corrected chi connectivity index (χ3v) is 2.01. The van der Waals surface area contributed by atoms with Gasteiger partial charge in [0, 0.05) is 12.6 Å². The molecule has 0 saturated carbocycles. The lowest BCUT2D eigenvalue weighted by molar-refractivity contribution is 0.560. The summed E-state index contributed by atoms with van der Waals surface area (Å²) in [6, 6.07) is 0.512. The van der Waals surface area contributed by atoms with Crippen LogP contribution < -0.4 is 11.1 Å². The fourth-order valence-corrected chi connectivity index (χ4v) is 1.16. The van der Waals surface area contributed by atoms with Crippen LogP contribution in [0.5, 0.6) is 0 Å². The highest BCUT2D eigenvalue weighted by Gasteiger charge is 1.99. The lowest BCUT2D eigenvalue weighted by Crippen LogP contribution is -2.33. The van der Waals surface area contributed by atoms with E-state index in [1.54, 1.807) is 0 Å². The maximum atomic E-state index is 5.45. The smallest absolute Gasteiger partial charge is 0.0195 e. The van der Waals surface area contributed by atoms with E-state index in [-0.39, 0.29) is 0 Å². The summed E-state index contributed by atoms with van der Waals surface area (Å²) < 4.78 is 0. The average Bonchev–Trinajstić information content (AvgIpc) is 1.91. The quantitative estimate of drug-likeness (QED) is 0.588. The lowest BCUT2D eigenvalue weighted by atomic mass is 10.2. The molecule has 0 bridgehead atoms. The molecule has 0 spiro atoms. The molecule has 1 unspecified atom stereocenters. The maximum absolute atomic E-state index is 5.45. The first kappa shape index (κ1) is 9.27. The van der Waals surface area contributed by atoms with Crippen molar-refractivity contribution in [3.05, 3.63) is 0 Å². The van der Waals surface area contributed by atoms with Gasteiger partial charge < -0.3 is 11.1 Å². The molecule has 3 N–H and O–H groups in total. The summed E-state index contributed by atoms with van der Waals surface area (Å²) in [4.78, 5) is 0. The van der Waals surface area contributed by atoms with Gasteiger partial charge in [-0.15, -0.1) is 0 Å². The second-order valence-corrected chi connectivity index (χ2v) is 2.99. The number of hydrogen-bond donors (Lipinski definition) is 2. The second kappa shape index (κ2) is 6.39. The monoisotopic (exact) mass is 148 g/mol. The highest BCUT2D eigenvalue weighted by Crippen LogP contribution is 1.98. The molecule has 0 rings (SSSR count). The van der Waals surface area contributed by atoms with E-state index in [0.29, 0.717) is 6.04 Å². The Morgan fingerprint density at radius 1 is 1.67 bits per heavy atom. The van der Waals surface area contributed by atoms with Crippen LogP contribution in [-0.2, 0) is 0 Å². The Hall–Kier alpha value is 0.270. The van der Waals surface area contributed by atoms with Crippen LogP contribution in [-0.4, -0.2) is 31.6 Å². The third-order valence-electron chi connectivity index (χ3n) is 1.36. The summed E-state index contributed by atoms with van der Waals surface area (Å²) in [6.07, 6.45) is 3.29. The van der Waals surface area contributed by atoms with Crippen LogP contribution in [0.3, 0.4) is 0 Å². The van der Waals surface area contributed by atoms with Gasteiger partial charge in [-0.1, -0.05) is 0 Å². The largest absolute Gasteiger partial charge is 0.329 e. The van der Waals surface area contributed by atoms with E-state index in [9.17, 15) is 0 Å². The van der Waals surface area contributed by atoms with Crippen molar-refractivity contribution in [3.8, 4) is 0 Å². The van der Waals surface area contributed by atoms with Crippen LogP contribution in [0.4, 0.5) is 0 Å². The molecular formula is C6H16N2S. The summed E-state index contributed by atoms with van der Waals surface area (Å²) in [5.41, 5.74) is 5.45. The molecule has 9 heavy (non-hydrogen) atoms. The summed E-state index contributed by atoms with van der Waals surface area (Å²) in [5, 5.41) is 3.15. The Labute approximate surface area is 61.6 Å². The van der Waals surface area contributed by atoms with E-state index < -0.39 is 0 Å². The van der Waals surface area contributed by atoms with Crippen molar-refractivity contribution in [2.75, 3.05) is 25.6 Å². The maximum Gasteiger partial charge on any atom is 0.0195 e. The minimum Gasteiger partial charge on any atom is -0.329 e. The van der Waals surface area contributed by atoms with Gasteiger partial charge in [0.05, 0.1) is 0 Å². The summed E-state index contributed by atoms with van der Waals surface area (Å²) in [6.45, 7) is 0.747. The minimum atomic E-state index is 0.512. The highest BCUT2D eigenvalue weighted by molar-refractivity contribution is 7.98. The summed E-state index contributed by atoms with van der Waals surface area (Å²) >= 11 is 1.87. The highest BCUT2D eigenvalue weighted by atomic mass is 32.2. The van der Waals surface area contributed by atoms with Crippen molar-refractivity contribution in [3.63, 3.8) is 0 Å². The summed E-state index contributed by atoms with van der Waals surface area (Å²) in [5.74, 6) is 1.20. The van der Waals surface area contributed by atoms with Crippen LogP contribution in [0.1, 0.15) is 6.42 Å². The van der Waals surface area contributed by atoms with Crippen molar-refractivity contribution < 1.29 is 0 Å². The molecule has 0 aliphatic rings. The molecule has 2 nitrogen and oxygen atoms in total. The van der Waals surface area contributed by atoms with Crippen molar-refractivity contribution >= 4 is 11.8 Å². The van der Waals surface area contributed by atoms with Crippen molar-refractivity contribution in [1.82, 2.24) is 5.32 Å². The number of nitrogens with two attached hydrogens (primary N) is 1. The zero-order chi connectivity index (χ0) is 7.11. The molecule has 0 fully saturated rings. The molecule has 1 atom stereocenters. The van der Waals surface area contributed by atoms with Crippen molar-refractivity contribution in [1.29, 1.82) is 0 Å². The van der Waals surface area contributed by atoms with E-state index >= 15 is 0 Å². The van der Waals surface area contributed by atoms with E-state index in [2.05, 4.69) is 11.6 Å². The Morgan fingerprint density at radius 3 is 2.67 bits per heavy atom. The summed E-state index contributed by atoms with van der Waals surface area (Å²) in [7, 11) is 1.96. The lowest BCUT2D eigenvalue weighted by Gasteiger charge is -2.11. The fourth-order valence-electron chi connectivity index (χ4n) is 0.640. The molecular weight excluding hydrogens is 132 g/mol. The average molecular weight is 148 g/mol. The second-order valence-electron chi connectivity index (χ2n) is 2.00. The fraction of sp³-hybridized carbons (Fsp3) is 1.00. The number of nitrogens with one attached hydrogen (secondary N) is 1. The molecule has 3 heteroatoms. The first-order valence-corrected chi connectivity index (χ1v) is 4.60. The van der Waals surface area contributed by atoms with Gasteiger partial charge in [-0.25, -0.2) is 0 Å². The molecule has 0 amide bonds. The van der Waals surface area contributed by atoms with Crippen LogP contribution >= 0.6 is 11.8 Å². The van der Waals surface area contributed by atoms with Gasteiger partial charge in [-0.05, 0) is 25.5 Å². The number of thioether (sulfide) groups is 1.